The van der Waals surface area contributed by atoms with Gasteiger partial charge in [-0.05, 0) is 50.9 Å². The molecule has 3 atom stereocenters. The van der Waals surface area contributed by atoms with E-state index < -0.39 is 6.17 Å². The van der Waals surface area contributed by atoms with Crippen molar-refractivity contribution in [3.63, 3.8) is 0 Å². The summed E-state index contributed by atoms with van der Waals surface area (Å²) in [5, 5.41) is 21.2. The molecule has 10 nitrogen and oxygen atoms in total. The number of likely N-dealkylation sites (tertiary alicyclic amines) is 1. The number of rotatable bonds is 6. The molecule has 0 saturated carbocycles. The molecule has 5 heterocycles. The third-order valence-corrected chi connectivity index (χ3v) is 8.51. The molecule has 6 rings (SSSR count). The van der Waals surface area contributed by atoms with Gasteiger partial charge in [0.15, 0.2) is 0 Å². The van der Waals surface area contributed by atoms with E-state index in [2.05, 4.69) is 51.3 Å². The summed E-state index contributed by atoms with van der Waals surface area (Å²) in [6.45, 7) is 8.85. The van der Waals surface area contributed by atoms with Crippen LogP contribution in [0.15, 0.2) is 12.3 Å². The Morgan fingerprint density at radius 2 is 2.08 bits per heavy atom. The van der Waals surface area contributed by atoms with Crippen LogP contribution >= 0.6 is 0 Å². The topological polar surface area (TPSA) is 109 Å². The first-order chi connectivity index (χ1) is 18.9. The van der Waals surface area contributed by atoms with Gasteiger partial charge in [-0.1, -0.05) is 0 Å². The quantitative estimate of drug-likeness (QED) is 0.494. The van der Waals surface area contributed by atoms with Gasteiger partial charge in [-0.3, -0.25) is 10.00 Å². The number of anilines is 2. The number of nitrogens with one attached hydrogen (secondary N) is 2. The number of likely N-dealkylation sites (N-methyl/N-ethyl adjacent to an activating group) is 1. The highest BCUT2D eigenvalue weighted by Gasteiger charge is 2.32. The number of hydrogen-bond acceptors (Lipinski definition) is 9. The zero-order valence-corrected chi connectivity index (χ0v) is 22.9. The lowest BCUT2D eigenvalue weighted by Crippen LogP contribution is -2.51. The minimum atomic E-state index is -0.826. The van der Waals surface area contributed by atoms with Crippen LogP contribution in [0.5, 0.6) is 6.01 Å². The van der Waals surface area contributed by atoms with Crippen molar-refractivity contribution in [2.75, 3.05) is 56.2 Å². The van der Waals surface area contributed by atoms with Crippen LogP contribution in [0.1, 0.15) is 35.2 Å². The van der Waals surface area contributed by atoms with Crippen LogP contribution in [0.25, 0.3) is 10.9 Å². The number of fused-ring (bicyclic) bond motifs is 2. The van der Waals surface area contributed by atoms with Crippen molar-refractivity contribution >= 4 is 22.4 Å². The predicted octanol–water partition coefficient (Wildman–Crippen LogP) is 2.65. The van der Waals surface area contributed by atoms with Gasteiger partial charge in [-0.2, -0.15) is 20.3 Å². The van der Waals surface area contributed by atoms with E-state index in [4.69, 9.17) is 14.7 Å². The van der Waals surface area contributed by atoms with Crippen LogP contribution in [0.3, 0.4) is 0 Å². The second-order valence-electron chi connectivity index (χ2n) is 11.1. The number of ether oxygens (including phenoxy) is 1. The van der Waals surface area contributed by atoms with E-state index in [1.54, 1.807) is 0 Å². The number of aromatic amines is 1. The van der Waals surface area contributed by atoms with Gasteiger partial charge in [0.1, 0.15) is 18.6 Å². The second-order valence-corrected chi connectivity index (χ2v) is 11.1. The summed E-state index contributed by atoms with van der Waals surface area (Å²) in [4.78, 5) is 16.5. The van der Waals surface area contributed by atoms with Crippen molar-refractivity contribution in [2.45, 2.75) is 57.9 Å². The lowest BCUT2D eigenvalue weighted by molar-refractivity contribution is 0.187. The van der Waals surface area contributed by atoms with Crippen molar-refractivity contribution in [2.24, 2.45) is 0 Å². The van der Waals surface area contributed by atoms with Gasteiger partial charge in [0.2, 0.25) is 0 Å². The van der Waals surface area contributed by atoms with Crippen molar-refractivity contribution in [1.29, 1.82) is 5.26 Å². The van der Waals surface area contributed by atoms with Crippen molar-refractivity contribution < 1.29 is 9.13 Å². The number of halogens is 1. The Hall–Kier alpha value is -3.49. The standard InChI is InChI=1S/C28H36FN9O/c1-17-10-24-23(12-32-35-24)26(18(17)2)37-8-5-22-25(15-37)33-28(39-16-21-11-19(29)13-36(21)3)34-27(22)38-9-7-31-20(14-38)4-6-30/h10,12,19-21,31H,4-5,7-9,11,13-16H2,1-3H3,(H,32,35)/t19-,20+,21+/m1/s1. The summed E-state index contributed by atoms with van der Waals surface area (Å²) in [6.07, 6.45) is 2.79. The maximum atomic E-state index is 14.0. The normalized spacial score (nSPS) is 23.7. The van der Waals surface area contributed by atoms with Gasteiger partial charge in [0, 0.05) is 55.8 Å². The lowest BCUT2D eigenvalue weighted by atomic mass is 9.99. The van der Waals surface area contributed by atoms with Crippen LogP contribution in [0, 0.1) is 25.2 Å². The fourth-order valence-electron chi connectivity index (χ4n) is 6.26. The fraction of sp³-hybridized carbons (Fsp3) is 0.571. The molecular weight excluding hydrogens is 497 g/mol. The number of nitrogens with zero attached hydrogens (tertiary/aromatic N) is 7. The highest BCUT2D eigenvalue weighted by molar-refractivity contribution is 5.94. The van der Waals surface area contributed by atoms with Crippen LogP contribution < -0.4 is 19.9 Å². The number of hydrogen-bond donors (Lipinski definition) is 2. The van der Waals surface area contributed by atoms with Gasteiger partial charge < -0.3 is 19.9 Å². The van der Waals surface area contributed by atoms with Gasteiger partial charge in [-0.25, -0.2) is 4.39 Å². The molecule has 39 heavy (non-hydrogen) atoms. The summed E-state index contributed by atoms with van der Waals surface area (Å²) in [5.41, 5.74) is 6.78. The molecule has 1 aromatic carbocycles. The average molecular weight is 534 g/mol. The Morgan fingerprint density at radius 3 is 2.87 bits per heavy atom. The molecule has 0 aliphatic carbocycles. The first-order valence-corrected chi connectivity index (χ1v) is 13.8. The lowest BCUT2D eigenvalue weighted by Gasteiger charge is -2.37. The zero-order valence-electron chi connectivity index (χ0n) is 22.9. The first kappa shape index (κ1) is 25.8. The third-order valence-electron chi connectivity index (χ3n) is 8.51. The molecule has 2 saturated heterocycles. The molecule has 2 N–H and O–H groups in total. The molecule has 0 unspecified atom stereocenters. The van der Waals surface area contributed by atoms with Crippen LogP contribution in [-0.4, -0.2) is 89.7 Å². The molecule has 0 spiro atoms. The fourth-order valence-corrected chi connectivity index (χ4v) is 6.26. The number of piperazine rings is 1. The van der Waals surface area contributed by atoms with Crippen LogP contribution in [0.4, 0.5) is 15.9 Å². The summed E-state index contributed by atoms with van der Waals surface area (Å²) >= 11 is 0. The van der Waals surface area contributed by atoms with Crippen LogP contribution in [-0.2, 0) is 13.0 Å². The van der Waals surface area contributed by atoms with Gasteiger partial charge in [0.25, 0.3) is 0 Å². The van der Waals surface area contributed by atoms with E-state index >= 15 is 0 Å². The second kappa shape index (κ2) is 10.6. The Labute approximate surface area is 228 Å². The average Bonchev–Trinajstić information content (AvgIpc) is 3.52. The minimum Gasteiger partial charge on any atom is -0.462 e. The summed E-state index contributed by atoms with van der Waals surface area (Å²) in [7, 11) is 1.93. The van der Waals surface area contributed by atoms with Gasteiger partial charge in [0.05, 0.1) is 42.1 Å². The Kier molecular flexibility index (Phi) is 6.99. The highest BCUT2D eigenvalue weighted by atomic mass is 19.1. The molecule has 2 fully saturated rings. The summed E-state index contributed by atoms with van der Waals surface area (Å²) in [6, 6.07) is 4.88. The van der Waals surface area contributed by atoms with E-state index in [9.17, 15) is 9.65 Å². The van der Waals surface area contributed by atoms with E-state index in [0.29, 0.717) is 45.1 Å². The van der Waals surface area contributed by atoms with Crippen molar-refractivity contribution in [1.82, 2.24) is 30.4 Å². The van der Waals surface area contributed by atoms with E-state index in [1.807, 2.05) is 18.1 Å². The van der Waals surface area contributed by atoms with Crippen LogP contribution in [0.2, 0.25) is 0 Å². The number of benzene rings is 1. The summed E-state index contributed by atoms with van der Waals surface area (Å²) < 4.78 is 20.1. The zero-order chi connectivity index (χ0) is 27.1. The predicted molar refractivity (Wildman–Crippen MR) is 148 cm³/mol. The maximum Gasteiger partial charge on any atom is 0.318 e. The first-order valence-electron chi connectivity index (χ1n) is 13.8. The number of alkyl halides is 1. The van der Waals surface area contributed by atoms with Gasteiger partial charge in [-0.15, -0.1) is 0 Å². The van der Waals surface area contributed by atoms with Crippen molar-refractivity contribution in [3.8, 4) is 12.1 Å². The largest absolute Gasteiger partial charge is 0.462 e. The molecule has 206 valence electrons. The number of nitriles is 1. The molecule has 11 heteroatoms. The molecule has 2 aromatic heterocycles. The molecule has 3 aliphatic rings. The van der Waals surface area contributed by atoms with Gasteiger partial charge >= 0.3 is 6.01 Å². The van der Waals surface area contributed by atoms with Crippen molar-refractivity contribution in [3.05, 3.63) is 34.6 Å². The Morgan fingerprint density at radius 1 is 1.21 bits per heavy atom. The molecule has 0 bridgehead atoms. The summed E-state index contributed by atoms with van der Waals surface area (Å²) in [5.74, 6) is 0.900. The highest BCUT2D eigenvalue weighted by Crippen LogP contribution is 2.37. The third kappa shape index (κ3) is 4.99. The number of aryl methyl sites for hydroxylation is 1. The van der Waals surface area contributed by atoms with E-state index in [0.717, 1.165) is 54.0 Å². The Bertz CT molecular complexity index is 1400. The Balaban J connectivity index is 1.34. The minimum absolute atomic E-state index is 0.00287. The number of H-pyrrole nitrogens is 1. The molecule has 0 amide bonds. The van der Waals surface area contributed by atoms with E-state index in [1.165, 1.54) is 16.8 Å². The molecule has 0 radical (unpaired) electrons. The smallest absolute Gasteiger partial charge is 0.318 e. The maximum absolute atomic E-state index is 14.0. The molecule has 3 aromatic rings. The monoisotopic (exact) mass is 533 g/mol. The molecular formula is C28H36FN9O. The SMILES string of the molecule is Cc1cc2[nH]ncc2c(N2CCc3c(nc(OC[C@@H]4C[C@@H](F)CN4C)nc3N3CCN[C@@H](CC#N)C3)C2)c1C. The van der Waals surface area contributed by atoms with E-state index in [-0.39, 0.29) is 12.1 Å². The number of aromatic nitrogens is 4. The molecule has 3 aliphatic heterocycles.